The van der Waals surface area contributed by atoms with Crippen molar-refractivity contribution < 1.29 is 9.53 Å². The number of hydrogen-bond acceptors (Lipinski definition) is 3. The first-order valence-corrected chi connectivity index (χ1v) is 12.5. The van der Waals surface area contributed by atoms with Crippen molar-refractivity contribution in [3.63, 3.8) is 0 Å². The molecule has 2 saturated heterocycles. The van der Waals surface area contributed by atoms with Gasteiger partial charge < -0.3 is 15.0 Å². The highest BCUT2D eigenvalue weighted by Gasteiger charge is 2.39. The van der Waals surface area contributed by atoms with Crippen molar-refractivity contribution in [2.75, 3.05) is 7.05 Å². The van der Waals surface area contributed by atoms with Gasteiger partial charge in [-0.3, -0.25) is 4.79 Å². The minimum absolute atomic E-state index is 0.0154. The molecule has 0 spiro atoms. The van der Waals surface area contributed by atoms with Crippen molar-refractivity contribution in [1.82, 2.24) is 10.2 Å². The number of benzene rings is 2. The molecule has 170 valence electrons. The Labute approximate surface area is 192 Å². The van der Waals surface area contributed by atoms with Gasteiger partial charge >= 0.3 is 0 Å². The third-order valence-corrected chi connectivity index (χ3v) is 7.96. The minimum Gasteiger partial charge on any atom is -0.490 e. The van der Waals surface area contributed by atoms with Crippen LogP contribution in [0, 0.1) is 0 Å². The molecule has 2 aliphatic heterocycles. The number of nitrogens with zero attached hydrogens (tertiary/aromatic N) is 1. The molecular weight excluding hydrogens is 396 g/mol. The van der Waals surface area contributed by atoms with Crippen molar-refractivity contribution >= 4 is 5.91 Å². The molecular formula is C28H36N2O2. The lowest BCUT2D eigenvalue weighted by Crippen LogP contribution is -2.43. The lowest BCUT2D eigenvalue weighted by Gasteiger charge is -2.36. The van der Waals surface area contributed by atoms with E-state index in [1.54, 1.807) is 0 Å². The molecule has 1 N–H and O–H groups in total. The second-order valence-corrected chi connectivity index (χ2v) is 10.0. The Hall–Kier alpha value is -2.33. The van der Waals surface area contributed by atoms with Crippen LogP contribution in [0.25, 0.3) is 0 Å². The Morgan fingerprint density at radius 3 is 2.41 bits per heavy atom. The molecule has 3 aliphatic rings. The van der Waals surface area contributed by atoms with Crippen LogP contribution in [0.2, 0.25) is 0 Å². The summed E-state index contributed by atoms with van der Waals surface area (Å²) in [7, 11) is 2.26. The van der Waals surface area contributed by atoms with Crippen LogP contribution in [-0.4, -0.2) is 36.0 Å². The van der Waals surface area contributed by atoms with Gasteiger partial charge in [-0.15, -0.1) is 0 Å². The van der Waals surface area contributed by atoms with Crippen LogP contribution in [0.4, 0.5) is 0 Å². The molecule has 0 radical (unpaired) electrons. The molecule has 2 aromatic rings. The fraction of sp³-hybridized carbons (Fsp3) is 0.536. The van der Waals surface area contributed by atoms with Gasteiger partial charge in [-0.05, 0) is 86.9 Å². The highest BCUT2D eigenvalue weighted by atomic mass is 16.5. The number of fused-ring (bicyclic) bond motifs is 2. The van der Waals surface area contributed by atoms with Crippen molar-refractivity contribution in [1.29, 1.82) is 0 Å². The zero-order valence-corrected chi connectivity index (χ0v) is 19.3. The molecule has 2 bridgehead atoms. The summed E-state index contributed by atoms with van der Waals surface area (Å²) in [5, 5.41) is 3.07. The monoisotopic (exact) mass is 432 g/mol. The molecule has 1 aliphatic carbocycles. The van der Waals surface area contributed by atoms with E-state index < -0.39 is 0 Å². The van der Waals surface area contributed by atoms with E-state index in [2.05, 4.69) is 41.5 Å². The largest absolute Gasteiger partial charge is 0.490 e. The Balaban J connectivity index is 1.14. The molecule has 4 nitrogen and oxygen atoms in total. The van der Waals surface area contributed by atoms with E-state index in [4.69, 9.17) is 4.74 Å². The van der Waals surface area contributed by atoms with E-state index in [-0.39, 0.29) is 5.91 Å². The highest BCUT2D eigenvalue weighted by molar-refractivity contribution is 5.94. The molecule has 2 unspecified atom stereocenters. The molecule has 2 atom stereocenters. The van der Waals surface area contributed by atoms with Gasteiger partial charge in [-0.2, -0.15) is 0 Å². The van der Waals surface area contributed by atoms with Crippen molar-refractivity contribution in [2.45, 2.75) is 88.4 Å². The molecule has 1 saturated carbocycles. The van der Waals surface area contributed by atoms with Gasteiger partial charge in [0.25, 0.3) is 5.91 Å². The van der Waals surface area contributed by atoms with Crippen molar-refractivity contribution in [2.24, 2.45) is 0 Å². The van der Waals surface area contributed by atoms with Gasteiger partial charge in [-0.25, -0.2) is 0 Å². The Morgan fingerprint density at radius 2 is 1.69 bits per heavy atom. The van der Waals surface area contributed by atoms with E-state index in [9.17, 15) is 4.79 Å². The summed E-state index contributed by atoms with van der Waals surface area (Å²) < 4.78 is 6.35. The summed E-state index contributed by atoms with van der Waals surface area (Å²) >= 11 is 0. The summed E-state index contributed by atoms with van der Waals surface area (Å²) in [5.41, 5.74) is 3.19. The van der Waals surface area contributed by atoms with Gasteiger partial charge in [0.15, 0.2) is 0 Å². The van der Waals surface area contributed by atoms with Gasteiger partial charge in [-0.1, -0.05) is 43.5 Å². The summed E-state index contributed by atoms with van der Waals surface area (Å²) in [6, 6.07) is 17.8. The predicted octanol–water partition coefficient (Wildman–Crippen LogP) is 5.67. The standard InChI is InChI=1S/C28H36N2O2/c1-30-24-14-15-25(30)18-27(17-24)32-26-9-5-6-20(16-26)19-29-28(31)23-12-10-22(11-13-23)21-7-3-2-4-8-21/h5-6,9-13,16,21,24-25,27H,2-4,7-8,14-15,17-19H2,1H3,(H,29,31). The Bertz CT molecular complexity index is 905. The molecule has 3 fully saturated rings. The normalized spacial score (nSPS) is 26.1. The fourth-order valence-electron chi connectivity index (χ4n) is 6.01. The van der Waals surface area contributed by atoms with E-state index in [1.165, 1.54) is 50.5 Å². The summed E-state index contributed by atoms with van der Waals surface area (Å²) in [6.07, 6.45) is 11.7. The average molecular weight is 433 g/mol. The number of amides is 1. The first kappa shape index (κ1) is 21.5. The average Bonchev–Trinajstić information content (AvgIpc) is 3.04. The van der Waals surface area contributed by atoms with Gasteiger partial charge in [0.05, 0.1) is 0 Å². The predicted molar refractivity (Wildman–Crippen MR) is 128 cm³/mol. The minimum atomic E-state index is -0.0154. The van der Waals surface area contributed by atoms with E-state index in [0.29, 0.717) is 30.7 Å². The lowest BCUT2D eigenvalue weighted by atomic mass is 9.84. The number of rotatable bonds is 6. The van der Waals surface area contributed by atoms with Gasteiger partial charge in [0, 0.05) is 24.2 Å². The van der Waals surface area contributed by atoms with Crippen LogP contribution < -0.4 is 10.1 Å². The Morgan fingerprint density at radius 1 is 0.969 bits per heavy atom. The van der Waals surface area contributed by atoms with E-state index in [0.717, 1.165) is 29.7 Å². The van der Waals surface area contributed by atoms with Crippen LogP contribution >= 0.6 is 0 Å². The molecule has 4 heteroatoms. The third kappa shape index (κ3) is 4.85. The van der Waals surface area contributed by atoms with Crippen LogP contribution in [0.5, 0.6) is 5.75 Å². The van der Waals surface area contributed by atoms with Crippen LogP contribution in [-0.2, 0) is 6.54 Å². The number of carbonyl (C=O) groups is 1. The quantitative estimate of drug-likeness (QED) is 0.640. The SMILES string of the molecule is CN1C2CCC1CC(Oc1cccc(CNC(=O)c3ccc(C4CCCCC4)cc3)c1)C2. The second kappa shape index (κ2) is 9.66. The Kier molecular flexibility index (Phi) is 6.49. The summed E-state index contributed by atoms with van der Waals surface area (Å²) in [6.45, 7) is 0.513. The lowest BCUT2D eigenvalue weighted by molar-refractivity contribution is 0.0661. The second-order valence-electron chi connectivity index (χ2n) is 10.0. The maximum Gasteiger partial charge on any atom is 0.251 e. The van der Waals surface area contributed by atoms with Crippen molar-refractivity contribution in [3.8, 4) is 5.75 Å². The maximum absolute atomic E-state index is 12.7. The number of nitrogens with one attached hydrogen (secondary N) is 1. The van der Waals surface area contributed by atoms with Gasteiger partial charge in [0.1, 0.15) is 11.9 Å². The van der Waals surface area contributed by atoms with Crippen LogP contribution in [0.3, 0.4) is 0 Å². The third-order valence-electron chi connectivity index (χ3n) is 7.96. The first-order valence-electron chi connectivity index (χ1n) is 12.5. The number of ether oxygens (including phenoxy) is 1. The summed E-state index contributed by atoms with van der Waals surface area (Å²) in [4.78, 5) is 15.2. The summed E-state index contributed by atoms with van der Waals surface area (Å²) in [5.74, 6) is 1.57. The molecule has 1 amide bonds. The molecule has 5 rings (SSSR count). The smallest absolute Gasteiger partial charge is 0.251 e. The highest BCUT2D eigenvalue weighted by Crippen LogP contribution is 2.36. The van der Waals surface area contributed by atoms with E-state index in [1.807, 2.05) is 24.3 Å². The molecule has 0 aromatic heterocycles. The molecule has 32 heavy (non-hydrogen) atoms. The maximum atomic E-state index is 12.7. The van der Waals surface area contributed by atoms with Crippen LogP contribution in [0.15, 0.2) is 48.5 Å². The number of carbonyl (C=O) groups excluding carboxylic acids is 1. The number of hydrogen-bond donors (Lipinski definition) is 1. The topological polar surface area (TPSA) is 41.6 Å². The zero-order valence-electron chi connectivity index (χ0n) is 19.3. The molecule has 2 aromatic carbocycles. The molecule has 2 heterocycles. The zero-order chi connectivity index (χ0) is 21.9. The van der Waals surface area contributed by atoms with Crippen LogP contribution in [0.1, 0.15) is 85.2 Å². The first-order chi connectivity index (χ1) is 15.7. The van der Waals surface area contributed by atoms with Crippen molar-refractivity contribution in [3.05, 3.63) is 65.2 Å². The fourth-order valence-corrected chi connectivity index (χ4v) is 6.01. The van der Waals surface area contributed by atoms with Gasteiger partial charge in [0.2, 0.25) is 0 Å². The van der Waals surface area contributed by atoms with E-state index >= 15 is 0 Å². The number of piperidine rings is 1.